The fourth-order valence-corrected chi connectivity index (χ4v) is 2.07. The Morgan fingerprint density at radius 1 is 1.32 bits per heavy atom. The fraction of sp³-hybridized carbons (Fsp3) is 0.529. The fourth-order valence-electron chi connectivity index (χ4n) is 2.07. The first-order chi connectivity index (χ1) is 9.04. The van der Waals surface area contributed by atoms with Gasteiger partial charge in [-0.3, -0.25) is 0 Å². The zero-order chi connectivity index (χ0) is 14.3. The summed E-state index contributed by atoms with van der Waals surface area (Å²) in [7, 11) is 1.65. The molecule has 0 heterocycles. The molecule has 1 aromatic rings. The van der Waals surface area contributed by atoms with E-state index in [9.17, 15) is 0 Å². The van der Waals surface area contributed by atoms with E-state index >= 15 is 0 Å². The van der Waals surface area contributed by atoms with Gasteiger partial charge in [0.2, 0.25) is 0 Å². The van der Waals surface area contributed by atoms with Crippen LogP contribution < -0.4 is 4.74 Å². The van der Waals surface area contributed by atoms with E-state index in [1.807, 2.05) is 0 Å². The van der Waals surface area contributed by atoms with Gasteiger partial charge < -0.3 is 9.47 Å². The second-order valence-electron chi connectivity index (χ2n) is 5.35. The first kappa shape index (κ1) is 15.8. The number of ether oxygens (including phenoxy) is 2. The van der Waals surface area contributed by atoms with Gasteiger partial charge in [0.05, 0.1) is 0 Å². The molecule has 0 saturated carbocycles. The van der Waals surface area contributed by atoms with Crippen molar-refractivity contribution in [2.45, 2.75) is 46.5 Å². The minimum Gasteiger partial charge on any atom is -0.467 e. The smallest absolute Gasteiger partial charge is 0.188 e. The highest BCUT2D eigenvalue weighted by Crippen LogP contribution is 2.30. The van der Waals surface area contributed by atoms with Gasteiger partial charge in [-0.15, -0.1) is 0 Å². The van der Waals surface area contributed by atoms with Crippen molar-refractivity contribution < 1.29 is 9.47 Å². The Morgan fingerprint density at radius 3 is 2.68 bits per heavy atom. The van der Waals surface area contributed by atoms with Gasteiger partial charge in [0.25, 0.3) is 0 Å². The van der Waals surface area contributed by atoms with Gasteiger partial charge in [0, 0.05) is 7.11 Å². The van der Waals surface area contributed by atoms with Crippen LogP contribution in [0.15, 0.2) is 29.8 Å². The summed E-state index contributed by atoms with van der Waals surface area (Å²) >= 11 is 0. The molecule has 1 atom stereocenters. The molecular weight excluding hydrogens is 236 g/mol. The molecule has 0 bridgehead atoms. The third-order valence-corrected chi connectivity index (χ3v) is 3.18. The molecule has 1 unspecified atom stereocenters. The Bertz CT molecular complexity index is 417. The predicted molar refractivity (Wildman–Crippen MR) is 80.8 cm³/mol. The number of benzene rings is 1. The van der Waals surface area contributed by atoms with Crippen LogP contribution in [0.4, 0.5) is 0 Å². The lowest BCUT2D eigenvalue weighted by Gasteiger charge is -2.17. The maximum atomic E-state index is 5.68. The third kappa shape index (κ3) is 5.48. The average Bonchev–Trinajstić information content (AvgIpc) is 2.35. The number of hydrogen-bond acceptors (Lipinski definition) is 2. The zero-order valence-corrected chi connectivity index (χ0v) is 12.8. The van der Waals surface area contributed by atoms with Crippen LogP contribution in [0, 0.1) is 6.92 Å². The van der Waals surface area contributed by atoms with Crippen LogP contribution in [0.25, 0.3) is 0 Å². The minimum absolute atomic E-state index is 0.303. The second kappa shape index (κ2) is 8.00. The van der Waals surface area contributed by atoms with Gasteiger partial charge in [-0.1, -0.05) is 30.7 Å². The topological polar surface area (TPSA) is 18.5 Å². The van der Waals surface area contributed by atoms with Crippen molar-refractivity contribution in [3.05, 3.63) is 41.0 Å². The molecule has 0 aromatic heterocycles. The molecular formula is C17H26O2. The summed E-state index contributed by atoms with van der Waals surface area (Å²) in [6, 6.07) is 6.41. The van der Waals surface area contributed by atoms with Crippen LogP contribution in [0.3, 0.4) is 0 Å². The summed E-state index contributed by atoms with van der Waals surface area (Å²) in [5.41, 5.74) is 3.86. The Balaban J connectivity index is 2.76. The van der Waals surface area contributed by atoms with Crippen LogP contribution in [-0.2, 0) is 4.74 Å². The van der Waals surface area contributed by atoms with Crippen molar-refractivity contribution in [1.82, 2.24) is 0 Å². The number of hydrogen-bond donors (Lipinski definition) is 0. The SMILES string of the molecule is COCOc1cc(C)ccc1C(C)CCC=C(C)C. The van der Waals surface area contributed by atoms with Crippen molar-refractivity contribution in [2.75, 3.05) is 13.9 Å². The molecule has 19 heavy (non-hydrogen) atoms. The van der Waals surface area contributed by atoms with Crippen LogP contribution >= 0.6 is 0 Å². The third-order valence-electron chi connectivity index (χ3n) is 3.18. The van der Waals surface area contributed by atoms with Gasteiger partial charge in [0.1, 0.15) is 5.75 Å². The van der Waals surface area contributed by atoms with Gasteiger partial charge in [-0.05, 0) is 56.7 Å². The summed E-state index contributed by atoms with van der Waals surface area (Å²) in [5, 5.41) is 0. The van der Waals surface area contributed by atoms with Crippen molar-refractivity contribution in [3.8, 4) is 5.75 Å². The Hall–Kier alpha value is -1.28. The first-order valence-electron chi connectivity index (χ1n) is 6.90. The first-order valence-corrected chi connectivity index (χ1v) is 6.90. The number of rotatable bonds is 7. The number of methoxy groups -OCH3 is 1. The normalized spacial score (nSPS) is 12.1. The lowest BCUT2D eigenvalue weighted by molar-refractivity contribution is 0.0501. The standard InChI is InChI=1S/C17H26O2/c1-13(2)7-6-8-15(4)16-10-9-14(3)11-17(16)19-12-18-5/h7,9-11,15H,6,8,12H2,1-5H3. The molecule has 106 valence electrons. The number of aryl methyl sites for hydroxylation is 1. The van der Waals surface area contributed by atoms with Gasteiger partial charge >= 0.3 is 0 Å². The molecule has 0 fully saturated rings. The van der Waals surface area contributed by atoms with E-state index in [0.717, 1.165) is 18.6 Å². The molecule has 0 aliphatic rings. The molecule has 0 amide bonds. The molecule has 0 N–H and O–H groups in total. The van der Waals surface area contributed by atoms with Crippen molar-refractivity contribution in [3.63, 3.8) is 0 Å². The lowest BCUT2D eigenvalue weighted by Crippen LogP contribution is -2.04. The summed E-state index contributed by atoms with van der Waals surface area (Å²) in [5.74, 6) is 1.44. The van der Waals surface area contributed by atoms with Crippen LogP contribution in [0.2, 0.25) is 0 Å². The molecule has 2 nitrogen and oxygen atoms in total. The highest BCUT2D eigenvalue weighted by atomic mass is 16.7. The molecule has 2 heteroatoms. The summed E-state index contributed by atoms with van der Waals surface area (Å²) in [6.07, 6.45) is 4.54. The predicted octanol–water partition coefficient (Wildman–Crippen LogP) is 4.83. The van der Waals surface area contributed by atoms with Gasteiger partial charge in [-0.2, -0.15) is 0 Å². The second-order valence-corrected chi connectivity index (χ2v) is 5.35. The van der Waals surface area contributed by atoms with E-state index in [2.05, 4.69) is 52.0 Å². The maximum absolute atomic E-state index is 5.68. The van der Waals surface area contributed by atoms with Crippen molar-refractivity contribution >= 4 is 0 Å². The van der Waals surface area contributed by atoms with Gasteiger partial charge in [-0.25, -0.2) is 0 Å². The molecule has 0 spiro atoms. The zero-order valence-electron chi connectivity index (χ0n) is 12.8. The van der Waals surface area contributed by atoms with E-state index in [-0.39, 0.29) is 0 Å². The quantitative estimate of drug-likeness (QED) is 0.517. The van der Waals surface area contributed by atoms with Crippen LogP contribution in [0.1, 0.15) is 50.7 Å². The molecule has 0 aliphatic carbocycles. The van der Waals surface area contributed by atoms with Crippen molar-refractivity contribution in [2.24, 2.45) is 0 Å². The Labute approximate surface area is 117 Å². The van der Waals surface area contributed by atoms with Crippen molar-refractivity contribution in [1.29, 1.82) is 0 Å². The highest BCUT2D eigenvalue weighted by molar-refractivity contribution is 5.39. The molecule has 0 aliphatic heterocycles. The van der Waals surface area contributed by atoms with E-state index in [1.54, 1.807) is 7.11 Å². The van der Waals surface area contributed by atoms with Crippen LogP contribution in [-0.4, -0.2) is 13.9 Å². The maximum Gasteiger partial charge on any atom is 0.188 e. The average molecular weight is 262 g/mol. The summed E-state index contributed by atoms with van der Waals surface area (Å²) in [6.45, 7) is 8.92. The monoisotopic (exact) mass is 262 g/mol. The molecule has 1 rings (SSSR count). The lowest BCUT2D eigenvalue weighted by atomic mass is 9.94. The van der Waals surface area contributed by atoms with E-state index in [1.165, 1.54) is 16.7 Å². The number of allylic oxidation sites excluding steroid dienone is 2. The minimum atomic E-state index is 0.303. The van der Waals surface area contributed by atoms with Crippen LogP contribution in [0.5, 0.6) is 5.75 Å². The Morgan fingerprint density at radius 2 is 2.05 bits per heavy atom. The van der Waals surface area contributed by atoms with E-state index < -0.39 is 0 Å². The summed E-state index contributed by atoms with van der Waals surface area (Å²) < 4.78 is 10.7. The highest BCUT2D eigenvalue weighted by Gasteiger charge is 2.11. The summed E-state index contributed by atoms with van der Waals surface area (Å²) in [4.78, 5) is 0. The van der Waals surface area contributed by atoms with E-state index in [4.69, 9.17) is 9.47 Å². The Kier molecular flexibility index (Phi) is 6.65. The van der Waals surface area contributed by atoms with E-state index in [0.29, 0.717) is 12.7 Å². The molecule has 0 saturated heterocycles. The van der Waals surface area contributed by atoms with Gasteiger partial charge in [0.15, 0.2) is 6.79 Å². The molecule has 1 aromatic carbocycles. The molecule has 0 radical (unpaired) electrons. The largest absolute Gasteiger partial charge is 0.467 e.